The third kappa shape index (κ3) is 2.29. The Balaban J connectivity index is 2.02. The summed E-state index contributed by atoms with van der Waals surface area (Å²) < 4.78 is 0. The summed E-state index contributed by atoms with van der Waals surface area (Å²) in [4.78, 5) is 8.25. The van der Waals surface area contributed by atoms with E-state index in [0.717, 1.165) is 30.3 Å². The lowest BCUT2D eigenvalue weighted by Crippen LogP contribution is -2.10. The van der Waals surface area contributed by atoms with Crippen LogP contribution in [0.4, 0.5) is 5.82 Å². The summed E-state index contributed by atoms with van der Waals surface area (Å²) in [6, 6.07) is 0. The lowest BCUT2D eigenvalue weighted by atomic mass is 10.1. The van der Waals surface area contributed by atoms with E-state index in [1.165, 1.54) is 12.7 Å². The van der Waals surface area contributed by atoms with Crippen LogP contribution in [0.2, 0.25) is 5.15 Å². The summed E-state index contributed by atoms with van der Waals surface area (Å²) in [5.41, 5.74) is 1.51. The van der Waals surface area contributed by atoms with E-state index in [1.807, 2.05) is 0 Å². The van der Waals surface area contributed by atoms with Gasteiger partial charge in [-0.1, -0.05) is 32.4 Å². The van der Waals surface area contributed by atoms with Gasteiger partial charge in [0, 0.05) is 12.1 Å². The predicted octanol–water partition coefficient (Wildman–Crippen LogP) is 3.15. The molecule has 1 N–H and O–H groups in total. The van der Waals surface area contributed by atoms with Gasteiger partial charge in [-0.15, -0.1) is 0 Å². The Morgan fingerprint density at radius 1 is 1.50 bits per heavy atom. The maximum atomic E-state index is 6.03. The molecule has 88 valence electrons. The Labute approximate surface area is 102 Å². The van der Waals surface area contributed by atoms with Gasteiger partial charge in [0.15, 0.2) is 0 Å². The molecular weight excluding hydrogens is 222 g/mol. The molecule has 0 spiro atoms. The van der Waals surface area contributed by atoms with E-state index in [0.29, 0.717) is 10.6 Å². The van der Waals surface area contributed by atoms with Crippen molar-refractivity contribution in [1.29, 1.82) is 0 Å². The molecule has 1 aliphatic carbocycles. The molecule has 0 amide bonds. The summed E-state index contributed by atoms with van der Waals surface area (Å²) in [5.74, 6) is 1.65. The summed E-state index contributed by atoms with van der Waals surface area (Å²) in [6.07, 6.45) is 3.66. The van der Waals surface area contributed by atoms with Gasteiger partial charge in [0.05, 0.1) is 0 Å². The Hall–Kier alpha value is -0.830. The second kappa shape index (κ2) is 4.21. The van der Waals surface area contributed by atoms with Gasteiger partial charge in [-0.3, -0.25) is 0 Å². The number of nitrogens with zero attached hydrogens (tertiary/aromatic N) is 2. The molecule has 1 saturated carbocycles. The van der Waals surface area contributed by atoms with E-state index in [1.54, 1.807) is 0 Å². The van der Waals surface area contributed by atoms with Crippen LogP contribution in [0, 0.1) is 11.3 Å². The smallest absolute Gasteiger partial charge is 0.137 e. The van der Waals surface area contributed by atoms with Gasteiger partial charge in [0.1, 0.15) is 17.3 Å². The normalized spacial score (nSPS) is 21.9. The molecule has 3 nitrogen and oxygen atoms in total. The zero-order valence-corrected chi connectivity index (χ0v) is 10.8. The van der Waals surface area contributed by atoms with Crippen LogP contribution in [0.15, 0.2) is 6.33 Å². The molecule has 0 aromatic carbocycles. The maximum absolute atomic E-state index is 6.03. The number of aromatic nitrogens is 2. The van der Waals surface area contributed by atoms with E-state index >= 15 is 0 Å². The van der Waals surface area contributed by atoms with Crippen LogP contribution in [0.5, 0.6) is 0 Å². The van der Waals surface area contributed by atoms with Crippen molar-refractivity contribution < 1.29 is 0 Å². The summed E-state index contributed by atoms with van der Waals surface area (Å²) >= 11 is 6.03. The summed E-state index contributed by atoms with van der Waals surface area (Å²) in [6.45, 7) is 7.64. The van der Waals surface area contributed by atoms with Gasteiger partial charge in [-0.25, -0.2) is 9.97 Å². The molecule has 16 heavy (non-hydrogen) atoms. The molecule has 0 bridgehead atoms. The monoisotopic (exact) mass is 239 g/mol. The van der Waals surface area contributed by atoms with E-state index < -0.39 is 0 Å². The number of rotatable bonds is 4. The van der Waals surface area contributed by atoms with Crippen molar-refractivity contribution in [3.8, 4) is 0 Å². The highest BCUT2D eigenvalue weighted by molar-refractivity contribution is 6.30. The first-order valence-electron chi connectivity index (χ1n) is 5.78. The van der Waals surface area contributed by atoms with Gasteiger partial charge >= 0.3 is 0 Å². The minimum absolute atomic E-state index is 0.496. The van der Waals surface area contributed by atoms with Crippen molar-refractivity contribution in [3.05, 3.63) is 17.0 Å². The molecule has 1 aromatic heterocycles. The van der Waals surface area contributed by atoms with Crippen LogP contribution in [-0.2, 0) is 6.42 Å². The third-order valence-corrected chi connectivity index (χ3v) is 3.81. The molecule has 0 radical (unpaired) electrons. The third-order valence-electron chi connectivity index (χ3n) is 3.48. The summed E-state index contributed by atoms with van der Waals surface area (Å²) in [7, 11) is 0. The molecule has 0 saturated heterocycles. The van der Waals surface area contributed by atoms with E-state index in [-0.39, 0.29) is 0 Å². The van der Waals surface area contributed by atoms with Gasteiger partial charge in [0.25, 0.3) is 0 Å². The van der Waals surface area contributed by atoms with Crippen LogP contribution in [0.3, 0.4) is 0 Å². The first kappa shape index (κ1) is 11.6. The van der Waals surface area contributed by atoms with E-state index in [9.17, 15) is 0 Å². The standard InChI is InChI=1S/C12H18ClN3/c1-4-9-10(13)15-7-16-11(9)14-6-8-5-12(8,2)3/h7-8H,4-6H2,1-3H3,(H,14,15,16). The quantitative estimate of drug-likeness (QED) is 0.821. The number of anilines is 1. The van der Waals surface area contributed by atoms with Crippen LogP contribution in [0.1, 0.15) is 32.8 Å². The molecule has 1 atom stereocenters. The zero-order chi connectivity index (χ0) is 11.8. The Morgan fingerprint density at radius 2 is 2.19 bits per heavy atom. The topological polar surface area (TPSA) is 37.8 Å². The Kier molecular flexibility index (Phi) is 3.06. The zero-order valence-electron chi connectivity index (χ0n) is 10.0. The second-order valence-electron chi connectivity index (χ2n) is 5.12. The lowest BCUT2D eigenvalue weighted by Gasteiger charge is -2.11. The average Bonchev–Trinajstić information content (AvgIpc) is 2.83. The van der Waals surface area contributed by atoms with Gasteiger partial charge < -0.3 is 5.32 Å². The van der Waals surface area contributed by atoms with Crippen molar-refractivity contribution in [3.63, 3.8) is 0 Å². The van der Waals surface area contributed by atoms with Crippen molar-refractivity contribution in [1.82, 2.24) is 9.97 Å². The number of hydrogen-bond donors (Lipinski definition) is 1. The minimum atomic E-state index is 0.496. The lowest BCUT2D eigenvalue weighted by molar-refractivity contribution is 0.572. The highest BCUT2D eigenvalue weighted by Crippen LogP contribution is 2.51. The largest absolute Gasteiger partial charge is 0.369 e. The van der Waals surface area contributed by atoms with Crippen molar-refractivity contribution in [2.75, 3.05) is 11.9 Å². The molecule has 0 aliphatic heterocycles. The second-order valence-corrected chi connectivity index (χ2v) is 5.47. The predicted molar refractivity (Wildman–Crippen MR) is 66.8 cm³/mol. The Bertz CT molecular complexity index is 390. The molecule has 1 aromatic rings. The Morgan fingerprint density at radius 3 is 2.75 bits per heavy atom. The fraction of sp³-hybridized carbons (Fsp3) is 0.667. The van der Waals surface area contributed by atoms with Crippen LogP contribution >= 0.6 is 11.6 Å². The van der Waals surface area contributed by atoms with Crippen LogP contribution < -0.4 is 5.32 Å². The van der Waals surface area contributed by atoms with Crippen molar-refractivity contribution in [2.45, 2.75) is 33.6 Å². The molecule has 4 heteroatoms. The minimum Gasteiger partial charge on any atom is -0.369 e. The van der Waals surface area contributed by atoms with Gasteiger partial charge in [-0.2, -0.15) is 0 Å². The highest BCUT2D eigenvalue weighted by Gasteiger charge is 2.45. The molecule has 1 heterocycles. The molecule has 2 rings (SSSR count). The van der Waals surface area contributed by atoms with E-state index in [2.05, 4.69) is 36.1 Å². The first-order valence-corrected chi connectivity index (χ1v) is 6.15. The summed E-state index contributed by atoms with van der Waals surface area (Å²) in [5, 5.41) is 3.95. The molecule has 1 unspecified atom stereocenters. The maximum Gasteiger partial charge on any atom is 0.137 e. The van der Waals surface area contributed by atoms with Crippen molar-refractivity contribution >= 4 is 17.4 Å². The molecule has 1 fully saturated rings. The first-order chi connectivity index (χ1) is 7.54. The number of hydrogen-bond acceptors (Lipinski definition) is 3. The number of nitrogens with one attached hydrogen (secondary N) is 1. The fourth-order valence-electron chi connectivity index (χ4n) is 2.00. The average molecular weight is 240 g/mol. The van der Waals surface area contributed by atoms with Crippen LogP contribution in [-0.4, -0.2) is 16.5 Å². The SMILES string of the molecule is CCc1c(Cl)ncnc1NCC1CC1(C)C. The highest BCUT2D eigenvalue weighted by atomic mass is 35.5. The molecular formula is C12H18ClN3. The molecule has 1 aliphatic rings. The van der Waals surface area contributed by atoms with Crippen LogP contribution in [0.25, 0.3) is 0 Å². The van der Waals surface area contributed by atoms with Crippen molar-refractivity contribution in [2.24, 2.45) is 11.3 Å². The van der Waals surface area contributed by atoms with Gasteiger partial charge in [-0.05, 0) is 24.2 Å². The van der Waals surface area contributed by atoms with Gasteiger partial charge in [0.2, 0.25) is 0 Å². The van der Waals surface area contributed by atoms with E-state index in [4.69, 9.17) is 11.6 Å². The fourth-order valence-corrected chi connectivity index (χ4v) is 2.27. The number of halogens is 1.